The Bertz CT molecular complexity index is 604. The molecule has 0 fully saturated rings. The summed E-state index contributed by atoms with van der Waals surface area (Å²) in [4.78, 5) is -0.0608. The Kier molecular flexibility index (Phi) is 4.36. The fourth-order valence-electron chi connectivity index (χ4n) is 1.37. The lowest BCUT2D eigenvalue weighted by Crippen LogP contribution is -2.20. The highest BCUT2D eigenvalue weighted by Gasteiger charge is 2.13. The van der Waals surface area contributed by atoms with Crippen molar-refractivity contribution in [1.29, 1.82) is 0 Å². The third-order valence-electron chi connectivity index (χ3n) is 2.01. The number of sulfonamides is 2. The Hall–Kier alpha value is -1.12. The summed E-state index contributed by atoms with van der Waals surface area (Å²) in [5.74, 6) is 0.00964. The predicted molar refractivity (Wildman–Crippen MR) is 70.1 cm³/mol. The molecule has 18 heavy (non-hydrogen) atoms. The first-order valence-corrected chi connectivity index (χ1v) is 8.43. The molecule has 0 aliphatic carbocycles. The first-order chi connectivity index (χ1) is 8.10. The highest BCUT2D eigenvalue weighted by molar-refractivity contribution is 7.92. The van der Waals surface area contributed by atoms with Gasteiger partial charge in [-0.1, -0.05) is 13.8 Å². The van der Waals surface area contributed by atoms with Crippen LogP contribution in [0.15, 0.2) is 29.2 Å². The van der Waals surface area contributed by atoms with Gasteiger partial charge in [0.25, 0.3) is 0 Å². The number of benzene rings is 1. The quantitative estimate of drug-likeness (QED) is 0.834. The zero-order valence-electron chi connectivity index (χ0n) is 10.1. The molecule has 0 amide bonds. The molecule has 0 aliphatic heterocycles. The monoisotopic (exact) mass is 292 g/mol. The van der Waals surface area contributed by atoms with Crippen LogP contribution in [0.25, 0.3) is 0 Å². The molecule has 0 atom stereocenters. The van der Waals surface area contributed by atoms with Gasteiger partial charge in [0, 0.05) is 5.69 Å². The van der Waals surface area contributed by atoms with Gasteiger partial charge in [0.2, 0.25) is 20.0 Å². The molecular weight excluding hydrogens is 276 g/mol. The molecule has 0 aromatic heterocycles. The van der Waals surface area contributed by atoms with Crippen molar-refractivity contribution in [3.05, 3.63) is 24.3 Å². The van der Waals surface area contributed by atoms with Gasteiger partial charge in [0.15, 0.2) is 0 Å². The van der Waals surface area contributed by atoms with E-state index in [1.807, 2.05) is 0 Å². The lowest BCUT2D eigenvalue weighted by molar-refractivity contribution is 0.587. The second-order valence-corrected chi connectivity index (χ2v) is 7.68. The topological polar surface area (TPSA) is 106 Å². The van der Waals surface area contributed by atoms with Gasteiger partial charge < -0.3 is 0 Å². The zero-order chi connectivity index (χ0) is 14.0. The molecule has 0 bridgehead atoms. The number of primary sulfonamides is 1. The normalized spacial score (nSPS) is 12.7. The van der Waals surface area contributed by atoms with Gasteiger partial charge in [0.1, 0.15) is 0 Å². The molecule has 3 N–H and O–H groups in total. The highest BCUT2D eigenvalue weighted by Crippen LogP contribution is 2.14. The zero-order valence-corrected chi connectivity index (χ0v) is 11.8. The van der Waals surface area contributed by atoms with E-state index >= 15 is 0 Å². The largest absolute Gasteiger partial charge is 0.284 e. The van der Waals surface area contributed by atoms with E-state index in [-0.39, 0.29) is 16.6 Å². The maximum absolute atomic E-state index is 11.6. The molecule has 0 saturated carbocycles. The van der Waals surface area contributed by atoms with E-state index in [2.05, 4.69) is 4.72 Å². The summed E-state index contributed by atoms with van der Waals surface area (Å²) in [5.41, 5.74) is 0.308. The number of hydrogen-bond acceptors (Lipinski definition) is 4. The number of rotatable bonds is 5. The first kappa shape index (κ1) is 14.9. The van der Waals surface area contributed by atoms with Gasteiger partial charge in [-0.05, 0) is 30.2 Å². The van der Waals surface area contributed by atoms with Crippen molar-refractivity contribution < 1.29 is 16.8 Å². The molecule has 0 heterocycles. The summed E-state index contributed by atoms with van der Waals surface area (Å²) in [7, 11) is -7.17. The maximum atomic E-state index is 11.6. The van der Waals surface area contributed by atoms with Crippen molar-refractivity contribution in [2.45, 2.75) is 18.7 Å². The van der Waals surface area contributed by atoms with E-state index < -0.39 is 20.0 Å². The van der Waals surface area contributed by atoms with E-state index in [1.54, 1.807) is 13.8 Å². The Morgan fingerprint density at radius 1 is 1.11 bits per heavy atom. The van der Waals surface area contributed by atoms with Crippen molar-refractivity contribution in [3.8, 4) is 0 Å². The van der Waals surface area contributed by atoms with Crippen LogP contribution in [-0.2, 0) is 20.0 Å². The molecule has 0 saturated heterocycles. The van der Waals surface area contributed by atoms with Crippen LogP contribution in [0.5, 0.6) is 0 Å². The van der Waals surface area contributed by atoms with Gasteiger partial charge in [-0.15, -0.1) is 0 Å². The van der Waals surface area contributed by atoms with Gasteiger partial charge in [-0.3, -0.25) is 4.72 Å². The average molecular weight is 292 g/mol. The molecule has 0 radical (unpaired) electrons. The molecule has 0 spiro atoms. The van der Waals surface area contributed by atoms with Crippen molar-refractivity contribution >= 4 is 25.7 Å². The summed E-state index contributed by atoms with van der Waals surface area (Å²) in [6.45, 7) is 3.59. The van der Waals surface area contributed by atoms with E-state index in [1.165, 1.54) is 24.3 Å². The Balaban J connectivity index is 2.88. The van der Waals surface area contributed by atoms with Gasteiger partial charge in [-0.25, -0.2) is 22.0 Å². The summed E-state index contributed by atoms with van der Waals surface area (Å²) in [6.07, 6.45) is 0. The average Bonchev–Trinajstić information content (AvgIpc) is 2.13. The van der Waals surface area contributed by atoms with Crippen molar-refractivity contribution in [3.63, 3.8) is 0 Å². The molecule has 102 valence electrons. The molecule has 6 nitrogen and oxygen atoms in total. The number of nitrogens with two attached hydrogens (primary N) is 1. The molecule has 0 aliphatic rings. The molecule has 1 rings (SSSR count). The standard InChI is InChI=1S/C10H16N2O4S2/c1-8(2)7-17(13,14)12-9-3-5-10(6-4-9)18(11,15)16/h3-6,8,12H,7H2,1-2H3,(H2,11,15,16). The predicted octanol–water partition coefficient (Wildman–Crippen LogP) is 0.732. The summed E-state index contributed by atoms with van der Waals surface area (Å²) in [6, 6.07) is 5.22. The molecular formula is C10H16N2O4S2. The lowest BCUT2D eigenvalue weighted by Gasteiger charge is -2.10. The first-order valence-electron chi connectivity index (χ1n) is 5.23. The SMILES string of the molecule is CC(C)CS(=O)(=O)Nc1ccc(S(N)(=O)=O)cc1. The number of hydrogen-bond donors (Lipinski definition) is 2. The van der Waals surface area contributed by atoms with Gasteiger partial charge in [0.05, 0.1) is 10.6 Å². The summed E-state index contributed by atoms with van der Waals surface area (Å²) >= 11 is 0. The second kappa shape index (κ2) is 5.25. The maximum Gasteiger partial charge on any atom is 0.238 e. The van der Waals surface area contributed by atoms with E-state index in [0.717, 1.165) is 0 Å². The Labute approximate surface area is 107 Å². The minimum Gasteiger partial charge on any atom is -0.284 e. The van der Waals surface area contributed by atoms with E-state index in [9.17, 15) is 16.8 Å². The van der Waals surface area contributed by atoms with Crippen molar-refractivity contribution in [2.24, 2.45) is 11.1 Å². The second-order valence-electron chi connectivity index (χ2n) is 4.35. The smallest absolute Gasteiger partial charge is 0.238 e. The Morgan fingerprint density at radius 3 is 2.00 bits per heavy atom. The number of anilines is 1. The highest BCUT2D eigenvalue weighted by atomic mass is 32.2. The minimum absolute atomic E-state index is 0.00391. The molecule has 0 unspecified atom stereocenters. The van der Waals surface area contributed by atoms with Crippen LogP contribution in [0.3, 0.4) is 0 Å². The summed E-state index contributed by atoms with van der Waals surface area (Å²) < 4.78 is 47.7. The fraction of sp³-hybridized carbons (Fsp3) is 0.400. The van der Waals surface area contributed by atoms with Crippen LogP contribution >= 0.6 is 0 Å². The van der Waals surface area contributed by atoms with E-state index in [4.69, 9.17) is 5.14 Å². The minimum atomic E-state index is -3.76. The third kappa shape index (κ3) is 4.63. The molecule has 1 aromatic rings. The van der Waals surface area contributed by atoms with Crippen LogP contribution in [0.4, 0.5) is 5.69 Å². The lowest BCUT2D eigenvalue weighted by atomic mass is 10.3. The van der Waals surface area contributed by atoms with Crippen LogP contribution in [0, 0.1) is 5.92 Å². The third-order valence-corrected chi connectivity index (χ3v) is 4.59. The molecule has 1 aromatic carbocycles. The Morgan fingerprint density at radius 2 is 1.61 bits per heavy atom. The van der Waals surface area contributed by atoms with E-state index in [0.29, 0.717) is 5.69 Å². The van der Waals surface area contributed by atoms with Crippen LogP contribution in [0.2, 0.25) is 0 Å². The van der Waals surface area contributed by atoms with Crippen molar-refractivity contribution in [1.82, 2.24) is 0 Å². The van der Waals surface area contributed by atoms with Crippen LogP contribution in [0.1, 0.15) is 13.8 Å². The van der Waals surface area contributed by atoms with Gasteiger partial charge >= 0.3 is 0 Å². The van der Waals surface area contributed by atoms with Crippen LogP contribution in [-0.4, -0.2) is 22.6 Å². The van der Waals surface area contributed by atoms with Gasteiger partial charge in [-0.2, -0.15) is 0 Å². The van der Waals surface area contributed by atoms with Crippen LogP contribution < -0.4 is 9.86 Å². The number of nitrogens with one attached hydrogen (secondary N) is 1. The molecule has 8 heteroatoms. The fourth-order valence-corrected chi connectivity index (χ4v) is 3.34. The summed E-state index contributed by atoms with van der Waals surface area (Å²) in [5, 5.41) is 4.93. The van der Waals surface area contributed by atoms with Crippen molar-refractivity contribution in [2.75, 3.05) is 10.5 Å².